The van der Waals surface area contributed by atoms with Crippen molar-refractivity contribution < 1.29 is 4.79 Å². The number of nitrogens with two attached hydrogens (primary N) is 1. The van der Waals surface area contributed by atoms with Crippen molar-refractivity contribution in [2.45, 2.75) is 0 Å². The van der Waals surface area contributed by atoms with Gasteiger partial charge in [-0.1, -0.05) is 28.1 Å². The summed E-state index contributed by atoms with van der Waals surface area (Å²) < 4.78 is 2.08. The maximum absolute atomic E-state index is 11.6. The summed E-state index contributed by atoms with van der Waals surface area (Å²) in [6, 6.07) is 7.59. The molecule has 5 nitrogen and oxygen atoms in total. The third-order valence-electron chi connectivity index (χ3n) is 2.02. The Morgan fingerprint density at radius 2 is 2.06 bits per heavy atom. The highest BCUT2D eigenvalue weighted by Crippen LogP contribution is 2.11. The van der Waals surface area contributed by atoms with E-state index in [-0.39, 0.29) is 11.9 Å². The first-order valence-corrected chi connectivity index (χ1v) is 5.59. The molecule has 0 saturated heterocycles. The zero-order valence-electron chi connectivity index (χ0n) is 8.75. The number of halogens is 1. The van der Waals surface area contributed by atoms with E-state index < -0.39 is 0 Å². The van der Waals surface area contributed by atoms with E-state index in [1.54, 1.807) is 6.08 Å². The zero-order chi connectivity index (χ0) is 12.3. The van der Waals surface area contributed by atoms with Crippen molar-refractivity contribution in [3.8, 4) is 0 Å². The Labute approximate surface area is 106 Å². The summed E-state index contributed by atoms with van der Waals surface area (Å²) in [5.41, 5.74) is 6.24. The predicted octanol–water partition coefficient (Wildman–Crippen LogP) is 1.98. The van der Waals surface area contributed by atoms with Gasteiger partial charge in [0.25, 0.3) is 5.91 Å². The second-order valence-corrected chi connectivity index (χ2v) is 4.19. The first-order chi connectivity index (χ1) is 8.15. The van der Waals surface area contributed by atoms with E-state index in [2.05, 4.69) is 26.0 Å². The number of allylic oxidation sites excluding steroid dienone is 1. The molecule has 0 bridgehead atoms. The molecule has 6 heteroatoms. The Balaban J connectivity index is 2.10. The molecule has 86 valence electrons. The fourth-order valence-corrected chi connectivity index (χ4v) is 1.46. The van der Waals surface area contributed by atoms with Gasteiger partial charge in [-0.05, 0) is 23.8 Å². The van der Waals surface area contributed by atoms with Gasteiger partial charge in [0.05, 0.1) is 0 Å². The Bertz CT molecular complexity index is 559. The third-order valence-corrected chi connectivity index (χ3v) is 2.55. The van der Waals surface area contributed by atoms with Crippen LogP contribution in [0.4, 0.5) is 5.95 Å². The highest BCUT2D eigenvalue weighted by molar-refractivity contribution is 9.10. The molecule has 17 heavy (non-hydrogen) atoms. The van der Waals surface area contributed by atoms with Crippen LogP contribution in [0.15, 0.2) is 41.1 Å². The Morgan fingerprint density at radius 1 is 1.35 bits per heavy atom. The number of benzene rings is 1. The van der Waals surface area contributed by atoms with Crippen molar-refractivity contribution in [2.24, 2.45) is 0 Å². The van der Waals surface area contributed by atoms with Crippen LogP contribution in [0.5, 0.6) is 0 Å². The SMILES string of the molecule is Nc1ncn(C(=O)C=Cc2ccc(Br)cc2)n1. The van der Waals surface area contributed by atoms with Crippen LogP contribution in [-0.4, -0.2) is 20.7 Å². The lowest BCUT2D eigenvalue weighted by atomic mass is 10.2. The van der Waals surface area contributed by atoms with Gasteiger partial charge >= 0.3 is 0 Å². The summed E-state index contributed by atoms with van der Waals surface area (Å²) in [6.45, 7) is 0. The highest BCUT2D eigenvalue weighted by Gasteiger charge is 2.02. The van der Waals surface area contributed by atoms with E-state index in [9.17, 15) is 4.79 Å². The van der Waals surface area contributed by atoms with E-state index in [0.717, 1.165) is 14.7 Å². The molecular weight excluding hydrogens is 284 g/mol. The average molecular weight is 293 g/mol. The van der Waals surface area contributed by atoms with E-state index in [4.69, 9.17) is 5.73 Å². The van der Waals surface area contributed by atoms with Gasteiger partial charge in [-0.15, -0.1) is 5.10 Å². The quantitative estimate of drug-likeness (QED) is 0.859. The summed E-state index contributed by atoms with van der Waals surface area (Å²) in [7, 11) is 0. The van der Waals surface area contributed by atoms with Crippen LogP contribution in [0.1, 0.15) is 10.4 Å². The molecule has 1 aromatic carbocycles. The molecule has 2 aromatic rings. The molecule has 0 amide bonds. The molecule has 0 radical (unpaired) electrons. The van der Waals surface area contributed by atoms with Crippen LogP contribution in [0.25, 0.3) is 6.08 Å². The second-order valence-electron chi connectivity index (χ2n) is 3.27. The van der Waals surface area contributed by atoms with Gasteiger partial charge in [-0.3, -0.25) is 4.79 Å². The molecule has 0 spiro atoms. The summed E-state index contributed by atoms with van der Waals surface area (Å²) in [6.07, 6.45) is 4.40. The van der Waals surface area contributed by atoms with Crippen molar-refractivity contribution >= 4 is 33.9 Å². The van der Waals surface area contributed by atoms with Gasteiger partial charge in [0.2, 0.25) is 5.95 Å². The fourth-order valence-electron chi connectivity index (χ4n) is 1.20. The molecule has 1 aromatic heterocycles. The minimum Gasteiger partial charge on any atom is -0.366 e. The number of nitrogen functional groups attached to an aromatic ring is 1. The van der Waals surface area contributed by atoms with E-state index in [1.165, 1.54) is 12.4 Å². The van der Waals surface area contributed by atoms with Gasteiger partial charge in [-0.25, -0.2) is 4.98 Å². The average Bonchev–Trinajstić information content (AvgIpc) is 2.75. The van der Waals surface area contributed by atoms with Crippen LogP contribution < -0.4 is 5.73 Å². The number of hydrogen-bond donors (Lipinski definition) is 1. The molecule has 0 saturated carbocycles. The number of aromatic nitrogens is 3. The molecule has 0 aliphatic carbocycles. The monoisotopic (exact) mass is 292 g/mol. The second kappa shape index (κ2) is 4.92. The van der Waals surface area contributed by atoms with Crippen LogP contribution in [0, 0.1) is 0 Å². The maximum atomic E-state index is 11.6. The molecule has 2 N–H and O–H groups in total. The largest absolute Gasteiger partial charge is 0.366 e. The summed E-state index contributed by atoms with van der Waals surface area (Å²) in [5, 5.41) is 3.71. The standard InChI is InChI=1S/C11H9BrN4O/c12-9-4-1-8(2-5-9)3-6-10(17)16-7-14-11(13)15-16/h1-7H,(H2,13,15). The molecule has 1 heterocycles. The summed E-state index contributed by atoms with van der Waals surface area (Å²) >= 11 is 3.34. The topological polar surface area (TPSA) is 73.8 Å². The third kappa shape index (κ3) is 3.01. The van der Waals surface area contributed by atoms with Crippen LogP contribution >= 0.6 is 15.9 Å². The number of nitrogens with zero attached hydrogens (tertiary/aromatic N) is 3. The smallest absolute Gasteiger partial charge is 0.272 e. The first-order valence-electron chi connectivity index (χ1n) is 4.80. The van der Waals surface area contributed by atoms with Crippen molar-refractivity contribution in [1.29, 1.82) is 0 Å². The van der Waals surface area contributed by atoms with Gasteiger partial charge in [0.1, 0.15) is 6.33 Å². The fraction of sp³-hybridized carbons (Fsp3) is 0. The normalized spacial score (nSPS) is 10.9. The predicted molar refractivity (Wildman–Crippen MR) is 68.2 cm³/mol. The van der Waals surface area contributed by atoms with Crippen LogP contribution in [0.2, 0.25) is 0 Å². The Kier molecular flexibility index (Phi) is 3.34. The lowest BCUT2D eigenvalue weighted by Gasteiger charge is -1.94. The Morgan fingerprint density at radius 3 is 2.65 bits per heavy atom. The van der Waals surface area contributed by atoms with Gasteiger partial charge in [0.15, 0.2) is 0 Å². The number of anilines is 1. The van der Waals surface area contributed by atoms with Crippen LogP contribution in [-0.2, 0) is 0 Å². The van der Waals surface area contributed by atoms with Crippen LogP contribution in [0.3, 0.4) is 0 Å². The lowest BCUT2D eigenvalue weighted by molar-refractivity contribution is 0.0955. The minimum atomic E-state index is -0.294. The highest BCUT2D eigenvalue weighted by atomic mass is 79.9. The number of carbonyl (C=O) groups is 1. The molecule has 0 unspecified atom stereocenters. The van der Waals surface area contributed by atoms with Gasteiger partial charge in [-0.2, -0.15) is 4.68 Å². The van der Waals surface area contributed by atoms with Crippen molar-refractivity contribution in [3.63, 3.8) is 0 Å². The van der Waals surface area contributed by atoms with Gasteiger partial charge < -0.3 is 5.73 Å². The molecule has 0 fully saturated rings. The van der Waals surface area contributed by atoms with Gasteiger partial charge in [0, 0.05) is 10.5 Å². The number of hydrogen-bond acceptors (Lipinski definition) is 4. The number of carbonyl (C=O) groups excluding carboxylic acids is 1. The molecular formula is C11H9BrN4O. The van der Waals surface area contributed by atoms with Crippen molar-refractivity contribution in [2.75, 3.05) is 5.73 Å². The molecule has 0 atom stereocenters. The Hall–Kier alpha value is -1.95. The van der Waals surface area contributed by atoms with E-state index in [0.29, 0.717) is 0 Å². The zero-order valence-corrected chi connectivity index (χ0v) is 10.3. The molecule has 2 rings (SSSR count). The minimum absolute atomic E-state index is 0.0791. The van der Waals surface area contributed by atoms with E-state index >= 15 is 0 Å². The number of rotatable bonds is 2. The summed E-state index contributed by atoms with van der Waals surface area (Å²) in [4.78, 5) is 15.3. The van der Waals surface area contributed by atoms with E-state index in [1.807, 2.05) is 24.3 Å². The summed E-state index contributed by atoms with van der Waals surface area (Å²) in [5.74, 6) is -0.215. The molecule has 0 aliphatic heterocycles. The maximum Gasteiger partial charge on any atom is 0.272 e. The van der Waals surface area contributed by atoms with Crippen molar-refractivity contribution in [3.05, 3.63) is 46.7 Å². The van der Waals surface area contributed by atoms with Crippen molar-refractivity contribution in [1.82, 2.24) is 14.8 Å². The molecule has 0 aliphatic rings. The lowest BCUT2D eigenvalue weighted by Crippen LogP contribution is -2.07. The first kappa shape index (κ1) is 11.5.